The number of para-hydroxylation sites is 1. The molecule has 0 fully saturated rings. The van der Waals surface area contributed by atoms with Crippen molar-refractivity contribution in [2.45, 2.75) is 4.34 Å². The lowest BCUT2D eigenvalue weighted by Crippen LogP contribution is -2.19. The lowest BCUT2D eigenvalue weighted by molar-refractivity contribution is -0.118. The number of fused-ring (bicyclic) bond motifs is 1. The molecule has 2 aromatic heterocycles. The second-order valence-electron chi connectivity index (χ2n) is 5.74. The molecule has 4 rings (SSSR count). The maximum Gasteiger partial charge on any atom is 0.250 e. The number of benzene rings is 2. The molecule has 0 aliphatic heterocycles. The summed E-state index contributed by atoms with van der Waals surface area (Å²) in [6.07, 6.45) is 3.09. The Balaban J connectivity index is 1.34. The van der Waals surface area contributed by atoms with Crippen LogP contribution >= 0.6 is 23.1 Å². The Morgan fingerprint density at radius 3 is 2.89 bits per heavy atom. The molecule has 0 unspecified atom stereocenters. The van der Waals surface area contributed by atoms with Gasteiger partial charge >= 0.3 is 0 Å². The first kappa shape index (κ1) is 18.3. The van der Waals surface area contributed by atoms with Crippen LogP contribution in [0, 0.1) is 5.82 Å². The molecule has 0 atom stereocenters. The van der Waals surface area contributed by atoms with Crippen LogP contribution in [0.15, 0.2) is 64.2 Å². The monoisotopic (exact) mass is 411 g/mol. The third kappa shape index (κ3) is 4.26. The van der Waals surface area contributed by atoms with Gasteiger partial charge in [-0.05, 0) is 36.4 Å². The second kappa shape index (κ2) is 8.32. The number of amides is 1. The van der Waals surface area contributed by atoms with Crippen molar-refractivity contribution in [2.24, 2.45) is 5.10 Å². The first-order valence-corrected chi connectivity index (χ1v) is 10.1. The van der Waals surface area contributed by atoms with Crippen LogP contribution in [0.1, 0.15) is 5.56 Å². The van der Waals surface area contributed by atoms with E-state index >= 15 is 0 Å². The summed E-state index contributed by atoms with van der Waals surface area (Å²) in [6.45, 7) is 0. The van der Waals surface area contributed by atoms with Gasteiger partial charge in [0.05, 0.1) is 34.1 Å². The van der Waals surface area contributed by atoms with Crippen LogP contribution in [0.5, 0.6) is 0 Å². The highest BCUT2D eigenvalue weighted by Gasteiger charge is 2.08. The molecule has 2 heterocycles. The Morgan fingerprint density at radius 2 is 2.07 bits per heavy atom. The maximum absolute atomic E-state index is 13.1. The van der Waals surface area contributed by atoms with Crippen LogP contribution < -0.4 is 5.43 Å². The normalized spacial score (nSPS) is 11.3. The third-order valence-electron chi connectivity index (χ3n) is 3.80. The fourth-order valence-corrected chi connectivity index (χ4v) is 4.35. The SMILES string of the molecule is O=C(CSc1nc2ccccc2s1)NN=Cc1cn[nH]c1-c1ccc(F)cc1. The number of hydrogen-bond donors (Lipinski definition) is 2. The summed E-state index contributed by atoms with van der Waals surface area (Å²) in [7, 11) is 0. The molecule has 4 aromatic rings. The Hall–Kier alpha value is -3.04. The van der Waals surface area contributed by atoms with Crippen molar-refractivity contribution < 1.29 is 9.18 Å². The smallest absolute Gasteiger partial charge is 0.250 e. The molecule has 2 N–H and O–H groups in total. The molecule has 0 aliphatic rings. The van der Waals surface area contributed by atoms with Crippen molar-refractivity contribution in [1.82, 2.24) is 20.6 Å². The Kier molecular flexibility index (Phi) is 5.45. The van der Waals surface area contributed by atoms with E-state index in [0.717, 1.165) is 20.1 Å². The zero-order valence-electron chi connectivity index (χ0n) is 14.4. The number of aromatic amines is 1. The highest BCUT2D eigenvalue weighted by atomic mass is 32.2. The zero-order chi connectivity index (χ0) is 19.3. The quantitative estimate of drug-likeness (QED) is 0.285. The molecule has 2 aromatic carbocycles. The molecule has 0 aliphatic carbocycles. The van der Waals surface area contributed by atoms with Gasteiger partial charge in [-0.25, -0.2) is 14.8 Å². The average molecular weight is 411 g/mol. The largest absolute Gasteiger partial charge is 0.277 e. The first-order chi connectivity index (χ1) is 13.7. The van der Waals surface area contributed by atoms with Gasteiger partial charge in [0.15, 0.2) is 4.34 Å². The molecule has 0 bridgehead atoms. The Bertz CT molecular complexity index is 1100. The number of carbonyl (C=O) groups is 1. The number of carbonyl (C=O) groups excluding carboxylic acids is 1. The van der Waals surface area contributed by atoms with E-state index in [9.17, 15) is 9.18 Å². The molecule has 140 valence electrons. The third-order valence-corrected chi connectivity index (χ3v) is 5.97. The molecule has 0 saturated heterocycles. The van der Waals surface area contributed by atoms with Crippen LogP contribution in [0.4, 0.5) is 4.39 Å². The molecule has 28 heavy (non-hydrogen) atoms. The minimum absolute atomic E-state index is 0.216. The van der Waals surface area contributed by atoms with Crippen molar-refractivity contribution in [1.29, 1.82) is 0 Å². The summed E-state index contributed by atoms with van der Waals surface area (Å²) in [5, 5.41) is 10.8. The predicted molar refractivity (Wildman–Crippen MR) is 110 cm³/mol. The number of hydrogen-bond acceptors (Lipinski definition) is 6. The molecule has 9 heteroatoms. The van der Waals surface area contributed by atoms with Crippen LogP contribution in [0.2, 0.25) is 0 Å². The van der Waals surface area contributed by atoms with Crippen LogP contribution in [-0.2, 0) is 4.79 Å². The van der Waals surface area contributed by atoms with Gasteiger partial charge in [0.1, 0.15) is 5.82 Å². The minimum Gasteiger partial charge on any atom is -0.277 e. The standard InChI is InChI=1S/C19H14FN5OS2/c20-14-7-5-12(6-8-14)18-13(10-22-25-18)9-21-24-17(26)11-27-19-23-15-3-1-2-4-16(15)28-19/h1-10H,11H2,(H,22,25)(H,24,26). The van der Waals surface area contributed by atoms with Crippen molar-refractivity contribution >= 4 is 45.4 Å². The Labute approximate surface area is 167 Å². The number of nitrogens with one attached hydrogen (secondary N) is 2. The highest BCUT2D eigenvalue weighted by molar-refractivity contribution is 8.01. The van der Waals surface area contributed by atoms with E-state index in [2.05, 4.69) is 25.7 Å². The molecule has 0 spiro atoms. The summed E-state index contributed by atoms with van der Waals surface area (Å²) in [5.41, 5.74) is 5.59. The number of thiazole rings is 1. The fraction of sp³-hybridized carbons (Fsp3) is 0.0526. The van der Waals surface area contributed by atoms with Crippen LogP contribution in [0.25, 0.3) is 21.5 Å². The lowest BCUT2D eigenvalue weighted by atomic mass is 10.1. The van der Waals surface area contributed by atoms with E-state index < -0.39 is 0 Å². The summed E-state index contributed by atoms with van der Waals surface area (Å²) in [4.78, 5) is 16.5. The van der Waals surface area contributed by atoms with Crippen molar-refractivity contribution in [3.8, 4) is 11.3 Å². The van der Waals surface area contributed by atoms with Gasteiger partial charge in [0.2, 0.25) is 0 Å². The van der Waals surface area contributed by atoms with E-state index in [-0.39, 0.29) is 17.5 Å². The fourth-order valence-electron chi connectivity index (χ4n) is 2.49. The van der Waals surface area contributed by atoms with Gasteiger partial charge in [0, 0.05) is 11.1 Å². The van der Waals surface area contributed by atoms with Crippen molar-refractivity contribution in [2.75, 3.05) is 5.75 Å². The molecule has 0 saturated carbocycles. The predicted octanol–water partition coefficient (Wildman–Crippen LogP) is 4.07. The van der Waals surface area contributed by atoms with Gasteiger partial charge in [-0.3, -0.25) is 9.89 Å². The van der Waals surface area contributed by atoms with Gasteiger partial charge in [-0.15, -0.1) is 11.3 Å². The number of rotatable bonds is 6. The lowest BCUT2D eigenvalue weighted by Gasteiger charge is -2.00. The van der Waals surface area contributed by atoms with Gasteiger partial charge in [-0.2, -0.15) is 10.2 Å². The second-order valence-corrected chi connectivity index (χ2v) is 7.99. The van der Waals surface area contributed by atoms with Crippen LogP contribution in [0.3, 0.4) is 0 Å². The zero-order valence-corrected chi connectivity index (χ0v) is 16.1. The summed E-state index contributed by atoms with van der Waals surface area (Å²) in [5.74, 6) is -0.323. The molecule has 0 radical (unpaired) electrons. The first-order valence-electron chi connectivity index (χ1n) is 8.28. The van der Waals surface area contributed by atoms with E-state index in [1.807, 2.05) is 24.3 Å². The maximum atomic E-state index is 13.1. The molecular formula is C19H14FN5OS2. The summed E-state index contributed by atoms with van der Waals surface area (Å²) >= 11 is 2.93. The van der Waals surface area contributed by atoms with Crippen molar-refractivity contribution in [3.63, 3.8) is 0 Å². The number of halogens is 1. The number of H-pyrrole nitrogens is 1. The van der Waals surface area contributed by atoms with E-state index in [4.69, 9.17) is 0 Å². The van der Waals surface area contributed by atoms with E-state index in [1.165, 1.54) is 30.1 Å². The van der Waals surface area contributed by atoms with E-state index in [1.54, 1.807) is 29.7 Å². The molecular weight excluding hydrogens is 397 g/mol. The van der Waals surface area contributed by atoms with Gasteiger partial charge in [-0.1, -0.05) is 23.9 Å². The van der Waals surface area contributed by atoms with Gasteiger partial charge in [0.25, 0.3) is 5.91 Å². The number of thioether (sulfide) groups is 1. The summed E-state index contributed by atoms with van der Waals surface area (Å²) < 4.78 is 15.0. The highest BCUT2D eigenvalue weighted by Crippen LogP contribution is 2.29. The molecule has 1 amide bonds. The average Bonchev–Trinajstić information content (AvgIpc) is 3.33. The van der Waals surface area contributed by atoms with Crippen LogP contribution in [-0.4, -0.2) is 33.1 Å². The molecule has 6 nitrogen and oxygen atoms in total. The Morgan fingerprint density at radius 1 is 1.25 bits per heavy atom. The summed E-state index contributed by atoms with van der Waals surface area (Å²) in [6, 6.07) is 13.9. The topological polar surface area (TPSA) is 83.0 Å². The van der Waals surface area contributed by atoms with Crippen molar-refractivity contribution in [3.05, 3.63) is 66.1 Å². The minimum atomic E-state index is -0.309. The number of aromatic nitrogens is 3. The van der Waals surface area contributed by atoms with E-state index in [0.29, 0.717) is 11.3 Å². The van der Waals surface area contributed by atoms with Gasteiger partial charge < -0.3 is 0 Å². The number of hydrazone groups is 1. The number of nitrogens with zero attached hydrogens (tertiary/aromatic N) is 3.